The Morgan fingerprint density at radius 1 is 1.61 bits per heavy atom. The zero-order valence-corrected chi connectivity index (χ0v) is 11.2. The maximum atomic E-state index is 11.5. The van der Waals surface area contributed by atoms with E-state index >= 15 is 0 Å². The lowest BCUT2D eigenvalue weighted by atomic mass is 10.3. The first kappa shape index (κ1) is 14.7. The van der Waals surface area contributed by atoms with Crippen LogP contribution in [0.3, 0.4) is 0 Å². The first-order valence-electron chi connectivity index (χ1n) is 6.10. The highest BCUT2D eigenvalue weighted by molar-refractivity contribution is 5.76. The fourth-order valence-corrected chi connectivity index (χ4v) is 1.62. The van der Waals surface area contributed by atoms with Crippen molar-refractivity contribution in [1.82, 2.24) is 26.2 Å². The Morgan fingerprint density at radius 2 is 2.33 bits per heavy atom. The Bertz CT molecular complexity index is 306. The van der Waals surface area contributed by atoms with Crippen molar-refractivity contribution in [1.29, 1.82) is 0 Å². The van der Waals surface area contributed by atoms with Gasteiger partial charge in [-0.1, -0.05) is 0 Å². The molecular formula is C11H23N5O2. The molecule has 4 N–H and O–H groups in total. The van der Waals surface area contributed by atoms with E-state index in [9.17, 15) is 4.79 Å². The van der Waals surface area contributed by atoms with Crippen LogP contribution < -0.4 is 16.1 Å². The molecular weight excluding hydrogens is 234 g/mol. The van der Waals surface area contributed by atoms with Gasteiger partial charge in [-0.2, -0.15) is 0 Å². The van der Waals surface area contributed by atoms with Gasteiger partial charge in [0.15, 0.2) is 0 Å². The first-order chi connectivity index (χ1) is 8.52. The number of nitrogens with zero attached hydrogens (tertiary/aromatic N) is 2. The number of hydrazine groups is 2. The molecule has 0 saturated carbocycles. The van der Waals surface area contributed by atoms with Crippen molar-refractivity contribution in [3.8, 4) is 0 Å². The average Bonchev–Trinajstić information content (AvgIpc) is 2.65. The lowest BCUT2D eigenvalue weighted by Gasteiger charge is -2.24. The van der Waals surface area contributed by atoms with E-state index in [-0.39, 0.29) is 5.91 Å². The maximum Gasteiger partial charge on any atom is 0.221 e. The molecule has 1 unspecified atom stereocenters. The fraction of sp³-hybridized carbons (Fsp3) is 0.727. The molecule has 0 aromatic heterocycles. The van der Waals surface area contributed by atoms with Crippen LogP contribution >= 0.6 is 0 Å². The predicted molar refractivity (Wildman–Crippen MR) is 68.9 cm³/mol. The quantitative estimate of drug-likeness (QED) is 0.449. The van der Waals surface area contributed by atoms with Crippen LogP contribution in [0.15, 0.2) is 11.9 Å². The van der Waals surface area contributed by atoms with Gasteiger partial charge in [-0.25, -0.2) is 0 Å². The van der Waals surface area contributed by atoms with Crippen molar-refractivity contribution in [2.75, 3.05) is 33.7 Å². The van der Waals surface area contributed by atoms with Gasteiger partial charge < -0.3 is 21.2 Å². The molecule has 0 aromatic carbocycles. The van der Waals surface area contributed by atoms with Crippen molar-refractivity contribution in [2.45, 2.75) is 19.4 Å². The summed E-state index contributed by atoms with van der Waals surface area (Å²) in [7, 11) is 3.78. The normalized spacial score (nSPS) is 17.3. The van der Waals surface area contributed by atoms with Gasteiger partial charge in [0.1, 0.15) is 0 Å². The Kier molecular flexibility index (Phi) is 5.90. The SMILES string of the molecule is CNCC1=CN(CCC(=O)NCC(C)O)N(C)N1. The van der Waals surface area contributed by atoms with Crippen LogP contribution in [-0.4, -0.2) is 61.0 Å². The van der Waals surface area contributed by atoms with Crippen LogP contribution in [0.1, 0.15) is 13.3 Å². The lowest BCUT2D eigenvalue weighted by Crippen LogP contribution is -2.41. The molecule has 1 rings (SSSR count). The number of nitrogens with one attached hydrogen (secondary N) is 3. The van der Waals surface area contributed by atoms with Gasteiger partial charge in [-0.15, -0.1) is 5.12 Å². The summed E-state index contributed by atoms with van der Waals surface area (Å²) in [6.07, 6.45) is 1.85. The van der Waals surface area contributed by atoms with Crippen LogP contribution in [0.2, 0.25) is 0 Å². The summed E-state index contributed by atoms with van der Waals surface area (Å²) in [6, 6.07) is 0. The molecule has 1 heterocycles. The lowest BCUT2D eigenvalue weighted by molar-refractivity contribution is -0.122. The zero-order chi connectivity index (χ0) is 13.5. The molecule has 0 aliphatic carbocycles. The summed E-state index contributed by atoms with van der Waals surface area (Å²) in [5, 5.41) is 18.6. The third-order valence-corrected chi connectivity index (χ3v) is 2.53. The van der Waals surface area contributed by atoms with Crippen molar-refractivity contribution in [3.63, 3.8) is 0 Å². The molecule has 18 heavy (non-hydrogen) atoms. The summed E-state index contributed by atoms with van der Waals surface area (Å²) in [4.78, 5) is 11.5. The minimum atomic E-state index is -0.507. The number of likely N-dealkylation sites (N-methyl/N-ethyl adjacent to an activating group) is 1. The Hall–Kier alpha value is -1.31. The highest BCUT2D eigenvalue weighted by Gasteiger charge is 2.17. The summed E-state index contributed by atoms with van der Waals surface area (Å²) in [6.45, 7) is 3.30. The van der Waals surface area contributed by atoms with E-state index in [0.717, 1.165) is 12.2 Å². The molecule has 0 bridgehead atoms. The second-order valence-electron chi connectivity index (χ2n) is 4.39. The van der Waals surface area contributed by atoms with E-state index in [0.29, 0.717) is 19.5 Å². The van der Waals surface area contributed by atoms with Gasteiger partial charge >= 0.3 is 0 Å². The van der Waals surface area contributed by atoms with Crippen molar-refractivity contribution in [2.24, 2.45) is 0 Å². The van der Waals surface area contributed by atoms with E-state index in [1.165, 1.54) is 0 Å². The van der Waals surface area contributed by atoms with E-state index < -0.39 is 6.10 Å². The molecule has 1 atom stereocenters. The number of carbonyl (C=O) groups is 1. The van der Waals surface area contributed by atoms with Crippen LogP contribution in [0.4, 0.5) is 0 Å². The maximum absolute atomic E-state index is 11.5. The number of aliphatic hydroxyl groups excluding tert-OH is 1. The molecule has 7 heteroatoms. The standard InChI is InChI=1S/C11H23N5O2/c1-9(17)6-13-11(18)4-5-16-8-10(7-12-2)14-15(16)3/h8-9,12,14,17H,4-7H2,1-3H3,(H,13,18). The van der Waals surface area contributed by atoms with Crippen LogP contribution in [0, 0.1) is 0 Å². The number of hydrogen-bond donors (Lipinski definition) is 4. The number of amides is 1. The monoisotopic (exact) mass is 257 g/mol. The van der Waals surface area contributed by atoms with Crippen LogP contribution in [-0.2, 0) is 4.79 Å². The zero-order valence-electron chi connectivity index (χ0n) is 11.2. The third kappa shape index (κ3) is 4.91. The highest BCUT2D eigenvalue weighted by atomic mass is 16.3. The van der Waals surface area contributed by atoms with Gasteiger partial charge in [-0.3, -0.25) is 9.80 Å². The number of carbonyl (C=O) groups excluding carboxylic acids is 1. The van der Waals surface area contributed by atoms with E-state index in [1.54, 1.807) is 6.92 Å². The topological polar surface area (TPSA) is 79.9 Å². The number of hydrogen-bond acceptors (Lipinski definition) is 6. The number of aliphatic hydroxyl groups is 1. The van der Waals surface area contributed by atoms with Crippen LogP contribution in [0.25, 0.3) is 0 Å². The smallest absolute Gasteiger partial charge is 0.221 e. The molecule has 1 aliphatic heterocycles. The molecule has 0 aromatic rings. The van der Waals surface area contributed by atoms with Gasteiger partial charge in [0, 0.05) is 39.3 Å². The van der Waals surface area contributed by atoms with Crippen molar-refractivity contribution in [3.05, 3.63) is 11.9 Å². The fourth-order valence-electron chi connectivity index (χ4n) is 1.62. The summed E-state index contributed by atoms with van der Waals surface area (Å²) in [5.74, 6) is -0.0558. The number of rotatable bonds is 7. The van der Waals surface area contributed by atoms with Gasteiger partial charge in [0.25, 0.3) is 0 Å². The van der Waals surface area contributed by atoms with Gasteiger partial charge in [-0.05, 0) is 14.0 Å². The molecule has 0 spiro atoms. The summed E-state index contributed by atoms with van der Waals surface area (Å²) >= 11 is 0. The largest absolute Gasteiger partial charge is 0.392 e. The Morgan fingerprint density at radius 3 is 2.94 bits per heavy atom. The second kappa shape index (κ2) is 7.20. The van der Waals surface area contributed by atoms with Crippen molar-refractivity contribution >= 4 is 5.91 Å². The van der Waals surface area contributed by atoms with Crippen molar-refractivity contribution < 1.29 is 9.90 Å². The predicted octanol–water partition coefficient (Wildman–Crippen LogP) is -1.40. The molecule has 1 amide bonds. The van der Waals surface area contributed by atoms with Crippen LogP contribution in [0.5, 0.6) is 0 Å². The Balaban J connectivity index is 2.28. The van der Waals surface area contributed by atoms with Gasteiger partial charge in [0.05, 0.1) is 11.8 Å². The first-order valence-corrected chi connectivity index (χ1v) is 6.10. The molecule has 0 saturated heterocycles. The minimum Gasteiger partial charge on any atom is -0.392 e. The third-order valence-electron chi connectivity index (χ3n) is 2.53. The van der Waals surface area contributed by atoms with E-state index in [4.69, 9.17) is 5.11 Å². The molecule has 0 radical (unpaired) electrons. The van der Waals surface area contributed by atoms with E-state index in [1.807, 2.05) is 30.4 Å². The molecule has 0 fully saturated rings. The molecule has 1 aliphatic rings. The highest BCUT2D eigenvalue weighted by Crippen LogP contribution is 2.07. The Labute approximate surface area is 108 Å². The summed E-state index contributed by atoms with van der Waals surface area (Å²) < 4.78 is 0. The molecule has 104 valence electrons. The summed E-state index contributed by atoms with van der Waals surface area (Å²) in [5.41, 5.74) is 4.22. The van der Waals surface area contributed by atoms with Gasteiger partial charge in [0.2, 0.25) is 5.91 Å². The minimum absolute atomic E-state index is 0.0558. The van der Waals surface area contributed by atoms with E-state index in [2.05, 4.69) is 16.1 Å². The average molecular weight is 257 g/mol. The second-order valence-corrected chi connectivity index (χ2v) is 4.39. The molecule has 7 nitrogen and oxygen atoms in total.